The van der Waals surface area contributed by atoms with Gasteiger partial charge in [-0.3, -0.25) is 4.79 Å². The number of rotatable bonds is 4. The third-order valence-electron chi connectivity index (χ3n) is 4.39. The standard InChI is InChI=1S/C20H17F2N3O2S/c21-14-3-6-17(22)16(11-14)19(26)23-15-4-1-13(2-5-15)18-12-28-20(24-18)25-7-9-27-10-8-25/h1-6,11-12H,7-10H2,(H,23,26). The summed E-state index contributed by atoms with van der Waals surface area (Å²) in [6, 6.07) is 9.85. The Kier molecular flexibility index (Phi) is 5.31. The summed E-state index contributed by atoms with van der Waals surface area (Å²) in [4.78, 5) is 19.0. The van der Waals surface area contributed by atoms with Gasteiger partial charge in [0.25, 0.3) is 5.91 Å². The quantitative estimate of drug-likeness (QED) is 0.713. The van der Waals surface area contributed by atoms with E-state index in [9.17, 15) is 13.6 Å². The Morgan fingerprint density at radius 2 is 1.86 bits per heavy atom. The largest absolute Gasteiger partial charge is 0.378 e. The van der Waals surface area contributed by atoms with Gasteiger partial charge in [-0.25, -0.2) is 13.8 Å². The number of hydrogen-bond acceptors (Lipinski definition) is 5. The van der Waals surface area contributed by atoms with Gasteiger partial charge in [0.1, 0.15) is 11.6 Å². The molecule has 1 fully saturated rings. The first-order valence-electron chi connectivity index (χ1n) is 8.75. The highest BCUT2D eigenvalue weighted by Crippen LogP contribution is 2.28. The molecule has 1 saturated heterocycles. The molecule has 144 valence electrons. The highest BCUT2D eigenvalue weighted by molar-refractivity contribution is 7.14. The average molecular weight is 401 g/mol. The Bertz CT molecular complexity index is 985. The fraction of sp³-hybridized carbons (Fsp3) is 0.200. The van der Waals surface area contributed by atoms with E-state index in [1.54, 1.807) is 23.5 Å². The van der Waals surface area contributed by atoms with Crippen molar-refractivity contribution in [2.45, 2.75) is 0 Å². The second-order valence-electron chi connectivity index (χ2n) is 6.27. The molecule has 4 rings (SSSR count). The molecule has 0 radical (unpaired) electrons. The molecule has 1 amide bonds. The number of carbonyl (C=O) groups excluding carboxylic acids is 1. The van der Waals surface area contributed by atoms with Gasteiger partial charge >= 0.3 is 0 Å². The van der Waals surface area contributed by atoms with Gasteiger partial charge in [0.2, 0.25) is 0 Å². The van der Waals surface area contributed by atoms with Crippen LogP contribution in [0.2, 0.25) is 0 Å². The van der Waals surface area contributed by atoms with Crippen LogP contribution in [0.5, 0.6) is 0 Å². The first-order valence-corrected chi connectivity index (χ1v) is 9.63. The van der Waals surface area contributed by atoms with Gasteiger partial charge in [-0.1, -0.05) is 12.1 Å². The summed E-state index contributed by atoms with van der Waals surface area (Å²) in [5.74, 6) is -2.14. The maximum absolute atomic E-state index is 13.7. The van der Waals surface area contributed by atoms with Crippen molar-refractivity contribution in [3.63, 3.8) is 0 Å². The van der Waals surface area contributed by atoms with Crippen molar-refractivity contribution in [1.29, 1.82) is 0 Å². The maximum Gasteiger partial charge on any atom is 0.258 e. The fourth-order valence-electron chi connectivity index (χ4n) is 2.89. The molecule has 1 aliphatic rings. The van der Waals surface area contributed by atoms with Crippen LogP contribution in [0.15, 0.2) is 47.8 Å². The molecular formula is C20H17F2N3O2S. The number of morpholine rings is 1. The predicted octanol–water partition coefficient (Wildman–Crippen LogP) is 4.18. The number of nitrogens with one attached hydrogen (secondary N) is 1. The van der Waals surface area contributed by atoms with Crippen LogP contribution in [0.25, 0.3) is 11.3 Å². The monoisotopic (exact) mass is 401 g/mol. The Labute approximate surface area is 164 Å². The lowest BCUT2D eigenvalue weighted by molar-refractivity contribution is 0.102. The highest BCUT2D eigenvalue weighted by Gasteiger charge is 2.16. The van der Waals surface area contributed by atoms with E-state index in [4.69, 9.17) is 4.74 Å². The SMILES string of the molecule is O=C(Nc1ccc(-c2csc(N3CCOCC3)n2)cc1)c1cc(F)ccc1F. The van der Waals surface area contributed by atoms with Crippen LogP contribution in [-0.2, 0) is 4.74 Å². The first kappa shape index (κ1) is 18.5. The first-order chi connectivity index (χ1) is 13.6. The third kappa shape index (κ3) is 4.02. The van der Waals surface area contributed by atoms with E-state index in [0.717, 1.165) is 47.7 Å². The molecule has 0 saturated carbocycles. The highest BCUT2D eigenvalue weighted by atomic mass is 32.1. The van der Waals surface area contributed by atoms with Crippen molar-refractivity contribution in [3.8, 4) is 11.3 Å². The maximum atomic E-state index is 13.7. The number of nitrogens with zero attached hydrogens (tertiary/aromatic N) is 2. The summed E-state index contributed by atoms with van der Waals surface area (Å²) in [5.41, 5.74) is 1.91. The molecule has 1 aliphatic heterocycles. The van der Waals surface area contributed by atoms with Crippen LogP contribution in [0.3, 0.4) is 0 Å². The number of carbonyl (C=O) groups is 1. The van der Waals surface area contributed by atoms with Gasteiger partial charge in [0.15, 0.2) is 5.13 Å². The lowest BCUT2D eigenvalue weighted by Crippen LogP contribution is -2.36. The molecule has 28 heavy (non-hydrogen) atoms. The summed E-state index contributed by atoms with van der Waals surface area (Å²) < 4.78 is 32.3. The van der Waals surface area contributed by atoms with Crippen molar-refractivity contribution >= 4 is 28.1 Å². The van der Waals surface area contributed by atoms with E-state index in [2.05, 4.69) is 15.2 Å². The zero-order valence-corrected chi connectivity index (χ0v) is 15.6. The summed E-state index contributed by atoms with van der Waals surface area (Å²) in [6.07, 6.45) is 0. The molecule has 0 spiro atoms. The predicted molar refractivity (Wildman–Crippen MR) is 105 cm³/mol. The summed E-state index contributed by atoms with van der Waals surface area (Å²) in [5, 5.41) is 5.52. The summed E-state index contributed by atoms with van der Waals surface area (Å²) in [6.45, 7) is 3.06. The summed E-state index contributed by atoms with van der Waals surface area (Å²) in [7, 11) is 0. The van der Waals surface area contributed by atoms with Crippen molar-refractivity contribution < 1.29 is 18.3 Å². The number of thiazole rings is 1. The minimum absolute atomic E-state index is 0.335. The van der Waals surface area contributed by atoms with Crippen molar-refractivity contribution in [2.75, 3.05) is 36.5 Å². The lowest BCUT2D eigenvalue weighted by Gasteiger charge is -2.26. The van der Waals surface area contributed by atoms with E-state index in [1.807, 2.05) is 17.5 Å². The van der Waals surface area contributed by atoms with E-state index in [1.165, 1.54) is 0 Å². The number of amides is 1. The molecule has 0 atom stereocenters. The zero-order chi connectivity index (χ0) is 19.5. The third-order valence-corrected chi connectivity index (χ3v) is 5.29. The number of benzene rings is 2. The van der Waals surface area contributed by atoms with Crippen LogP contribution >= 0.6 is 11.3 Å². The van der Waals surface area contributed by atoms with Gasteiger partial charge in [0.05, 0.1) is 24.5 Å². The molecule has 8 heteroatoms. The Morgan fingerprint density at radius 3 is 2.61 bits per heavy atom. The van der Waals surface area contributed by atoms with Crippen molar-refractivity contribution in [3.05, 3.63) is 65.0 Å². The van der Waals surface area contributed by atoms with Crippen LogP contribution in [0, 0.1) is 11.6 Å². The molecule has 1 N–H and O–H groups in total. The fourth-order valence-corrected chi connectivity index (χ4v) is 3.78. The van der Waals surface area contributed by atoms with Gasteiger partial charge < -0.3 is 15.0 Å². The Balaban J connectivity index is 1.46. The van der Waals surface area contributed by atoms with Gasteiger partial charge in [0, 0.05) is 29.7 Å². The molecule has 1 aromatic heterocycles. The summed E-state index contributed by atoms with van der Waals surface area (Å²) >= 11 is 1.58. The van der Waals surface area contributed by atoms with Crippen LogP contribution in [-0.4, -0.2) is 37.2 Å². The molecule has 0 aliphatic carbocycles. The van der Waals surface area contributed by atoms with Crippen LogP contribution in [0.1, 0.15) is 10.4 Å². The molecule has 0 bridgehead atoms. The van der Waals surface area contributed by atoms with Crippen LogP contribution < -0.4 is 10.2 Å². The van der Waals surface area contributed by atoms with Crippen molar-refractivity contribution in [2.24, 2.45) is 0 Å². The second kappa shape index (κ2) is 8.04. The molecule has 2 aromatic carbocycles. The smallest absolute Gasteiger partial charge is 0.258 e. The minimum atomic E-state index is -0.770. The molecule has 3 aromatic rings. The number of anilines is 2. The normalized spacial score (nSPS) is 14.1. The number of halogens is 2. The van der Waals surface area contributed by atoms with Crippen molar-refractivity contribution in [1.82, 2.24) is 4.98 Å². The topological polar surface area (TPSA) is 54.5 Å². The molecule has 2 heterocycles. The van der Waals surface area contributed by atoms with E-state index in [-0.39, 0.29) is 5.56 Å². The molecular weight excluding hydrogens is 384 g/mol. The minimum Gasteiger partial charge on any atom is -0.378 e. The van der Waals surface area contributed by atoms with E-state index < -0.39 is 17.5 Å². The number of aromatic nitrogens is 1. The number of ether oxygens (including phenoxy) is 1. The number of hydrogen-bond donors (Lipinski definition) is 1. The Hall–Kier alpha value is -2.84. The van der Waals surface area contributed by atoms with Gasteiger partial charge in [-0.05, 0) is 30.3 Å². The molecule has 5 nitrogen and oxygen atoms in total. The van der Waals surface area contributed by atoms with E-state index in [0.29, 0.717) is 18.9 Å². The van der Waals surface area contributed by atoms with Gasteiger partial charge in [-0.15, -0.1) is 11.3 Å². The van der Waals surface area contributed by atoms with E-state index >= 15 is 0 Å². The second-order valence-corrected chi connectivity index (χ2v) is 7.11. The van der Waals surface area contributed by atoms with Gasteiger partial charge in [-0.2, -0.15) is 0 Å². The Morgan fingerprint density at radius 1 is 1.11 bits per heavy atom. The zero-order valence-electron chi connectivity index (χ0n) is 14.8. The average Bonchev–Trinajstić information content (AvgIpc) is 3.21. The van der Waals surface area contributed by atoms with Crippen LogP contribution in [0.4, 0.5) is 19.6 Å². The molecule has 0 unspecified atom stereocenters. The lowest BCUT2D eigenvalue weighted by atomic mass is 10.1.